The fourth-order valence-corrected chi connectivity index (χ4v) is 2.11. The lowest BCUT2D eigenvalue weighted by Gasteiger charge is -2.18. The fraction of sp³-hybridized carbons (Fsp3) is 0.429. The number of ether oxygens (including phenoxy) is 1. The normalized spacial score (nSPS) is 12.4. The molecule has 5 heteroatoms. The van der Waals surface area contributed by atoms with E-state index in [4.69, 9.17) is 4.74 Å². The van der Waals surface area contributed by atoms with E-state index < -0.39 is 0 Å². The van der Waals surface area contributed by atoms with Crippen LogP contribution in [0.4, 0.5) is 0 Å². The molecule has 0 radical (unpaired) electrons. The van der Waals surface area contributed by atoms with E-state index in [1.54, 1.807) is 10.9 Å². The Kier molecular flexibility index (Phi) is 4.52. The van der Waals surface area contributed by atoms with Gasteiger partial charge in [-0.2, -0.15) is 0 Å². The van der Waals surface area contributed by atoms with Crippen LogP contribution in [-0.4, -0.2) is 28.1 Å². The summed E-state index contributed by atoms with van der Waals surface area (Å²) in [6, 6.07) is 8.20. The van der Waals surface area contributed by atoms with Gasteiger partial charge in [-0.1, -0.05) is 24.3 Å². The minimum absolute atomic E-state index is 0.0745. The van der Waals surface area contributed by atoms with Gasteiger partial charge in [0, 0.05) is 7.05 Å². The second-order valence-corrected chi connectivity index (χ2v) is 4.28. The summed E-state index contributed by atoms with van der Waals surface area (Å²) < 4.78 is 7.35. The molecule has 0 aliphatic rings. The van der Waals surface area contributed by atoms with Gasteiger partial charge in [0.1, 0.15) is 5.75 Å². The second-order valence-electron chi connectivity index (χ2n) is 4.28. The van der Waals surface area contributed by atoms with Crippen molar-refractivity contribution in [2.75, 3.05) is 13.2 Å². The molecule has 0 aliphatic heterocycles. The van der Waals surface area contributed by atoms with Crippen LogP contribution in [0.2, 0.25) is 0 Å². The third-order valence-electron chi connectivity index (χ3n) is 2.96. The molecule has 1 heterocycles. The van der Waals surface area contributed by atoms with Crippen LogP contribution in [0.3, 0.4) is 0 Å². The van der Waals surface area contributed by atoms with Gasteiger partial charge in [-0.25, -0.2) is 0 Å². The van der Waals surface area contributed by atoms with Gasteiger partial charge < -0.3 is 10.1 Å². The van der Waals surface area contributed by atoms with Gasteiger partial charge >= 0.3 is 0 Å². The van der Waals surface area contributed by atoms with E-state index in [2.05, 4.69) is 34.7 Å². The largest absolute Gasteiger partial charge is 0.494 e. The van der Waals surface area contributed by atoms with Gasteiger partial charge in [0.15, 0.2) is 0 Å². The molecule has 0 saturated carbocycles. The molecule has 0 saturated heterocycles. The molecular weight excluding hydrogens is 240 g/mol. The third-order valence-corrected chi connectivity index (χ3v) is 2.96. The lowest BCUT2D eigenvalue weighted by atomic mass is 10.0. The summed E-state index contributed by atoms with van der Waals surface area (Å²) in [6.07, 6.45) is 1.79. The van der Waals surface area contributed by atoms with Crippen LogP contribution in [0, 0.1) is 0 Å². The minimum atomic E-state index is 0.0745. The zero-order valence-electron chi connectivity index (χ0n) is 11.6. The lowest BCUT2D eigenvalue weighted by Crippen LogP contribution is -2.24. The Morgan fingerprint density at radius 1 is 1.37 bits per heavy atom. The van der Waals surface area contributed by atoms with E-state index in [1.807, 2.05) is 26.1 Å². The van der Waals surface area contributed by atoms with Gasteiger partial charge in [-0.05, 0) is 31.2 Å². The van der Waals surface area contributed by atoms with Gasteiger partial charge in [0.05, 0.1) is 24.5 Å². The highest BCUT2D eigenvalue weighted by Gasteiger charge is 2.17. The van der Waals surface area contributed by atoms with Crippen LogP contribution in [0.25, 0.3) is 0 Å². The Bertz CT molecular complexity index is 524. The van der Waals surface area contributed by atoms with Crippen molar-refractivity contribution >= 4 is 0 Å². The smallest absolute Gasteiger partial charge is 0.119 e. The summed E-state index contributed by atoms with van der Waals surface area (Å²) in [7, 11) is 1.90. The Balaban J connectivity index is 2.33. The first-order valence-corrected chi connectivity index (χ1v) is 6.57. The average molecular weight is 260 g/mol. The Morgan fingerprint density at radius 3 is 2.84 bits per heavy atom. The molecule has 1 N–H and O–H groups in total. The molecule has 0 bridgehead atoms. The molecular formula is C14H20N4O. The predicted octanol–water partition coefficient (Wildman–Crippen LogP) is 1.91. The SMILES string of the molecule is CCNC(c1cccc(OCC)c1)c1cnnn1C. The molecule has 0 aliphatic carbocycles. The number of nitrogens with one attached hydrogen (secondary N) is 1. The molecule has 0 fully saturated rings. The highest BCUT2D eigenvalue weighted by Crippen LogP contribution is 2.24. The Morgan fingerprint density at radius 2 is 2.21 bits per heavy atom. The van der Waals surface area contributed by atoms with E-state index in [-0.39, 0.29) is 6.04 Å². The first kappa shape index (κ1) is 13.5. The summed E-state index contributed by atoms with van der Waals surface area (Å²) in [5.74, 6) is 0.887. The highest BCUT2D eigenvalue weighted by molar-refractivity contribution is 5.34. The number of benzene rings is 1. The first-order chi connectivity index (χ1) is 9.26. The maximum atomic E-state index is 5.56. The molecule has 1 atom stereocenters. The molecule has 19 heavy (non-hydrogen) atoms. The summed E-state index contributed by atoms with van der Waals surface area (Å²) in [6.45, 7) is 5.61. The van der Waals surface area contributed by atoms with Crippen LogP contribution in [0.1, 0.15) is 31.1 Å². The standard InChI is InChI=1S/C14H20N4O/c1-4-15-14(13-10-16-17-18(13)3)11-7-6-8-12(9-11)19-5-2/h6-10,14-15H,4-5H2,1-3H3. The number of hydrogen-bond donors (Lipinski definition) is 1. The van der Waals surface area contributed by atoms with E-state index in [0.717, 1.165) is 23.6 Å². The lowest BCUT2D eigenvalue weighted by molar-refractivity contribution is 0.339. The van der Waals surface area contributed by atoms with Crippen molar-refractivity contribution in [2.45, 2.75) is 19.9 Å². The average Bonchev–Trinajstić information content (AvgIpc) is 2.83. The van der Waals surface area contributed by atoms with Crippen molar-refractivity contribution in [1.29, 1.82) is 0 Å². The fourth-order valence-electron chi connectivity index (χ4n) is 2.11. The molecule has 5 nitrogen and oxygen atoms in total. The number of aromatic nitrogens is 3. The van der Waals surface area contributed by atoms with E-state index in [0.29, 0.717) is 6.61 Å². The summed E-state index contributed by atoms with van der Waals surface area (Å²) in [5.41, 5.74) is 2.19. The zero-order valence-corrected chi connectivity index (χ0v) is 11.6. The second kappa shape index (κ2) is 6.33. The summed E-state index contributed by atoms with van der Waals surface area (Å²) in [5, 5.41) is 11.4. The quantitative estimate of drug-likeness (QED) is 0.862. The maximum absolute atomic E-state index is 5.56. The van der Waals surface area contributed by atoms with E-state index in [9.17, 15) is 0 Å². The maximum Gasteiger partial charge on any atom is 0.119 e. The van der Waals surface area contributed by atoms with Gasteiger partial charge in [0.2, 0.25) is 0 Å². The van der Waals surface area contributed by atoms with Crippen molar-refractivity contribution in [3.63, 3.8) is 0 Å². The minimum Gasteiger partial charge on any atom is -0.494 e. The first-order valence-electron chi connectivity index (χ1n) is 6.57. The van der Waals surface area contributed by atoms with Crippen LogP contribution in [0.5, 0.6) is 5.75 Å². The Hall–Kier alpha value is -1.88. The van der Waals surface area contributed by atoms with Crippen LogP contribution >= 0.6 is 0 Å². The number of nitrogens with zero attached hydrogens (tertiary/aromatic N) is 3. The number of aryl methyl sites for hydroxylation is 1. The van der Waals surface area contributed by atoms with Crippen LogP contribution in [-0.2, 0) is 7.05 Å². The third kappa shape index (κ3) is 3.12. The molecule has 1 aromatic heterocycles. The monoisotopic (exact) mass is 260 g/mol. The van der Waals surface area contributed by atoms with Crippen LogP contribution in [0.15, 0.2) is 30.5 Å². The number of rotatable bonds is 6. The number of hydrogen-bond acceptors (Lipinski definition) is 4. The van der Waals surface area contributed by atoms with Gasteiger partial charge in [-0.3, -0.25) is 4.68 Å². The van der Waals surface area contributed by atoms with Gasteiger partial charge in [0.25, 0.3) is 0 Å². The molecule has 1 aromatic carbocycles. The van der Waals surface area contributed by atoms with Crippen molar-refractivity contribution < 1.29 is 4.74 Å². The predicted molar refractivity (Wildman–Crippen MR) is 74.1 cm³/mol. The van der Waals surface area contributed by atoms with Gasteiger partial charge in [-0.15, -0.1) is 5.10 Å². The molecule has 1 unspecified atom stereocenters. The molecule has 2 aromatic rings. The van der Waals surface area contributed by atoms with E-state index >= 15 is 0 Å². The zero-order chi connectivity index (χ0) is 13.7. The van der Waals surface area contributed by atoms with Crippen molar-refractivity contribution in [2.24, 2.45) is 7.05 Å². The Labute approximate surface area is 113 Å². The molecule has 0 spiro atoms. The van der Waals surface area contributed by atoms with Crippen molar-refractivity contribution in [1.82, 2.24) is 20.3 Å². The highest BCUT2D eigenvalue weighted by atomic mass is 16.5. The summed E-state index contributed by atoms with van der Waals surface area (Å²) >= 11 is 0. The molecule has 2 rings (SSSR count). The van der Waals surface area contributed by atoms with Crippen molar-refractivity contribution in [3.8, 4) is 5.75 Å². The van der Waals surface area contributed by atoms with E-state index in [1.165, 1.54) is 0 Å². The summed E-state index contributed by atoms with van der Waals surface area (Å²) in [4.78, 5) is 0. The van der Waals surface area contributed by atoms with Crippen molar-refractivity contribution in [3.05, 3.63) is 41.7 Å². The molecule has 102 valence electrons. The molecule has 0 amide bonds. The topological polar surface area (TPSA) is 52.0 Å². The van der Waals surface area contributed by atoms with Crippen LogP contribution < -0.4 is 10.1 Å².